The smallest absolute Gasteiger partial charge is 0.315 e. The van der Waals surface area contributed by atoms with E-state index in [0.29, 0.717) is 12.2 Å². The Labute approximate surface area is 140 Å². The number of amides is 2. The van der Waals surface area contributed by atoms with Crippen molar-refractivity contribution in [1.29, 1.82) is 0 Å². The predicted octanol–water partition coefficient (Wildman–Crippen LogP) is 2.78. The first-order valence-corrected chi connectivity index (χ1v) is 8.89. The van der Waals surface area contributed by atoms with Crippen LogP contribution in [-0.4, -0.2) is 35.8 Å². The Kier molecular flexibility index (Phi) is 7.03. The lowest BCUT2D eigenvalue weighted by molar-refractivity contribution is 0.228. The monoisotopic (exact) mass is 334 g/mol. The van der Waals surface area contributed by atoms with E-state index in [1.807, 2.05) is 42.7 Å². The second-order valence-corrected chi connectivity index (χ2v) is 6.05. The number of aliphatic hydroxyl groups is 1. The summed E-state index contributed by atoms with van der Waals surface area (Å²) in [5.74, 6) is 1.43. The highest BCUT2D eigenvalue weighted by Crippen LogP contribution is 2.22. The molecule has 0 aliphatic carbocycles. The molecular weight excluding hydrogens is 312 g/mol. The maximum Gasteiger partial charge on any atom is 0.315 e. The van der Waals surface area contributed by atoms with Gasteiger partial charge in [0.25, 0.3) is 0 Å². The number of hydrogen-bond donors (Lipinski definition) is 3. The first kappa shape index (κ1) is 17.4. The Morgan fingerprint density at radius 2 is 2.00 bits per heavy atom. The van der Waals surface area contributed by atoms with Gasteiger partial charge in [-0.2, -0.15) is 11.8 Å². The van der Waals surface area contributed by atoms with E-state index < -0.39 is 0 Å². The minimum absolute atomic E-state index is 0.0474. The summed E-state index contributed by atoms with van der Waals surface area (Å²) < 4.78 is 5.46. The van der Waals surface area contributed by atoms with E-state index in [9.17, 15) is 4.79 Å². The summed E-state index contributed by atoms with van der Waals surface area (Å²) >= 11 is 1.63. The largest absolute Gasteiger partial charge is 0.467 e. The van der Waals surface area contributed by atoms with Crippen LogP contribution >= 0.6 is 11.8 Å². The van der Waals surface area contributed by atoms with E-state index in [1.165, 1.54) is 0 Å². The van der Waals surface area contributed by atoms with Crippen molar-refractivity contribution < 1.29 is 14.3 Å². The summed E-state index contributed by atoms with van der Waals surface area (Å²) in [6, 6.07) is 12.6. The van der Waals surface area contributed by atoms with Crippen LogP contribution in [0.1, 0.15) is 23.8 Å². The molecule has 3 N–H and O–H groups in total. The first-order valence-electron chi connectivity index (χ1n) is 7.49. The van der Waals surface area contributed by atoms with Gasteiger partial charge in [-0.3, -0.25) is 0 Å². The molecule has 124 valence electrons. The molecule has 1 aromatic heterocycles. The summed E-state index contributed by atoms with van der Waals surface area (Å²) in [6.07, 6.45) is 4.09. The van der Waals surface area contributed by atoms with Crippen molar-refractivity contribution >= 4 is 17.8 Å². The van der Waals surface area contributed by atoms with E-state index in [4.69, 9.17) is 9.52 Å². The van der Waals surface area contributed by atoms with E-state index in [1.54, 1.807) is 24.1 Å². The molecule has 2 amide bonds. The molecule has 6 heteroatoms. The summed E-state index contributed by atoms with van der Waals surface area (Å²) in [6.45, 7) is 0.0474. The average molecular weight is 334 g/mol. The zero-order chi connectivity index (χ0) is 16.5. The van der Waals surface area contributed by atoms with Crippen LogP contribution < -0.4 is 10.6 Å². The summed E-state index contributed by atoms with van der Waals surface area (Å²) in [4.78, 5) is 12.3. The lowest BCUT2D eigenvalue weighted by atomic mass is 10.0. The second-order valence-electron chi connectivity index (χ2n) is 5.14. The van der Waals surface area contributed by atoms with Crippen LogP contribution in [0.25, 0.3) is 0 Å². The number of rotatable bonds is 8. The van der Waals surface area contributed by atoms with Gasteiger partial charge in [0, 0.05) is 18.4 Å². The third kappa shape index (κ3) is 5.33. The number of furan rings is 1. The van der Waals surface area contributed by atoms with Crippen LogP contribution in [0.2, 0.25) is 0 Å². The first-order chi connectivity index (χ1) is 11.2. The number of thioether (sulfide) groups is 1. The number of urea groups is 1. The molecule has 0 saturated carbocycles. The van der Waals surface area contributed by atoms with Gasteiger partial charge >= 0.3 is 6.03 Å². The molecule has 0 aliphatic rings. The molecule has 0 aliphatic heterocycles. The topological polar surface area (TPSA) is 74.5 Å². The quantitative estimate of drug-likeness (QED) is 0.694. The van der Waals surface area contributed by atoms with Crippen molar-refractivity contribution in [3.8, 4) is 0 Å². The van der Waals surface area contributed by atoms with Gasteiger partial charge in [0.2, 0.25) is 0 Å². The van der Waals surface area contributed by atoms with E-state index in [-0.39, 0.29) is 24.7 Å². The van der Waals surface area contributed by atoms with Crippen molar-refractivity contribution in [3.63, 3.8) is 0 Å². The zero-order valence-corrected chi connectivity index (χ0v) is 13.9. The molecule has 23 heavy (non-hydrogen) atoms. The molecule has 0 spiro atoms. The Balaban J connectivity index is 2.07. The fraction of sp³-hybridized carbons (Fsp3) is 0.353. The second kappa shape index (κ2) is 9.27. The van der Waals surface area contributed by atoms with Crippen LogP contribution in [0.4, 0.5) is 4.79 Å². The highest BCUT2D eigenvalue weighted by molar-refractivity contribution is 7.98. The number of nitrogens with one attached hydrogen (secondary N) is 2. The number of hydrogen-bond acceptors (Lipinski definition) is 4. The lowest BCUT2D eigenvalue weighted by Gasteiger charge is -2.21. The molecule has 2 aromatic rings. The molecular formula is C17H22N2O3S. The SMILES string of the molecule is CSCC(CCO)NC(=O)NC(c1ccccc1)c1ccco1. The third-order valence-corrected chi connectivity index (χ3v) is 4.15. The number of benzene rings is 1. The molecule has 0 fully saturated rings. The molecule has 2 rings (SSSR count). The molecule has 0 radical (unpaired) electrons. The van der Waals surface area contributed by atoms with Gasteiger partial charge < -0.3 is 20.2 Å². The van der Waals surface area contributed by atoms with Gasteiger partial charge in [0.15, 0.2) is 0 Å². The molecule has 2 unspecified atom stereocenters. The Bertz CT molecular complexity index is 569. The maximum absolute atomic E-state index is 12.3. The number of carbonyl (C=O) groups is 1. The molecule has 0 bridgehead atoms. The van der Waals surface area contributed by atoms with E-state index in [0.717, 1.165) is 11.3 Å². The van der Waals surface area contributed by atoms with Gasteiger partial charge in [0.05, 0.1) is 6.26 Å². The van der Waals surface area contributed by atoms with Gasteiger partial charge in [-0.05, 0) is 30.4 Å². The van der Waals surface area contributed by atoms with Crippen molar-refractivity contribution in [2.45, 2.75) is 18.5 Å². The summed E-state index contributed by atoms with van der Waals surface area (Å²) in [7, 11) is 0. The Morgan fingerprint density at radius 3 is 2.61 bits per heavy atom. The third-order valence-electron chi connectivity index (χ3n) is 3.42. The van der Waals surface area contributed by atoms with Gasteiger partial charge in [-0.25, -0.2) is 4.79 Å². The van der Waals surface area contributed by atoms with Crippen LogP contribution in [0, 0.1) is 0 Å². The zero-order valence-electron chi connectivity index (χ0n) is 13.1. The van der Waals surface area contributed by atoms with Crippen LogP contribution in [0.5, 0.6) is 0 Å². The van der Waals surface area contributed by atoms with Crippen molar-refractivity contribution in [2.24, 2.45) is 0 Å². The predicted molar refractivity (Wildman–Crippen MR) is 92.5 cm³/mol. The van der Waals surface area contributed by atoms with Gasteiger partial charge in [-0.1, -0.05) is 30.3 Å². The molecule has 5 nitrogen and oxygen atoms in total. The number of carbonyl (C=O) groups excluding carboxylic acids is 1. The van der Waals surface area contributed by atoms with Crippen molar-refractivity contribution in [1.82, 2.24) is 10.6 Å². The van der Waals surface area contributed by atoms with Crippen molar-refractivity contribution in [3.05, 3.63) is 60.1 Å². The highest BCUT2D eigenvalue weighted by atomic mass is 32.2. The normalized spacial score (nSPS) is 13.3. The minimum atomic E-state index is -0.352. The van der Waals surface area contributed by atoms with Crippen LogP contribution in [0.15, 0.2) is 53.1 Å². The van der Waals surface area contributed by atoms with E-state index in [2.05, 4.69) is 10.6 Å². The lowest BCUT2D eigenvalue weighted by Crippen LogP contribution is -2.45. The Hall–Kier alpha value is -1.92. The fourth-order valence-electron chi connectivity index (χ4n) is 2.33. The maximum atomic E-state index is 12.3. The van der Waals surface area contributed by atoms with Gasteiger partial charge in [-0.15, -0.1) is 0 Å². The van der Waals surface area contributed by atoms with Gasteiger partial charge in [0.1, 0.15) is 11.8 Å². The molecule has 1 heterocycles. The average Bonchev–Trinajstić information content (AvgIpc) is 3.08. The van der Waals surface area contributed by atoms with Crippen LogP contribution in [-0.2, 0) is 0 Å². The molecule has 0 saturated heterocycles. The number of aliphatic hydroxyl groups excluding tert-OH is 1. The standard InChI is InChI=1S/C17H22N2O3S/c1-23-12-14(9-10-20)18-17(21)19-16(15-8-5-11-22-15)13-6-3-2-4-7-13/h2-8,11,14,16,20H,9-10,12H2,1H3,(H2,18,19,21). The summed E-state index contributed by atoms with van der Waals surface area (Å²) in [5.41, 5.74) is 0.946. The Morgan fingerprint density at radius 1 is 1.22 bits per heavy atom. The molecule has 1 aromatic carbocycles. The summed E-state index contributed by atoms with van der Waals surface area (Å²) in [5, 5.41) is 14.9. The van der Waals surface area contributed by atoms with Crippen LogP contribution in [0.3, 0.4) is 0 Å². The van der Waals surface area contributed by atoms with E-state index >= 15 is 0 Å². The minimum Gasteiger partial charge on any atom is -0.467 e. The van der Waals surface area contributed by atoms with Crippen molar-refractivity contribution in [2.75, 3.05) is 18.6 Å². The molecule has 2 atom stereocenters. The fourth-order valence-corrected chi connectivity index (χ4v) is 2.98. The highest BCUT2D eigenvalue weighted by Gasteiger charge is 2.20.